The standard InChI is InChI=1S/C28H16N6O/c1-15-13-21-20-7-4-8-24-32(20)28(34(21)30-15)26-23(35-24)10-9-17-16-11-12-29-14-22(16)31-18-5-2-3-6-19(18)33(28)27(31)25(17)26/h2-14H,1H3/q+2. The number of hydrogen-bond acceptors (Lipinski definition) is 3. The Morgan fingerprint density at radius 3 is 2.83 bits per heavy atom. The Balaban J connectivity index is 1.62. The highest BCUT2D eigenvalue weighted by Crippen LogP contribution is 2.52. The minimum Gasteiger partial charge on any atom is -0.404 e. The van der Waals surface area contributed by atoms with Gasteiger partial charge in [0.05, 0.1) is 23.3 Å². The second kappa shape index (κ2) is 5.00. The van der Waals surface area contributed by atoms with Gasteiger partial charge in [-0.05, 0) is 49.4 Å². The smallest absolute Gasteiger partial charge is 0.404 e. The molecule has 1 unspecified atom stereocenters. The van der Waals surface area contributed by atoms with Crippen LogP contribution < -0.4 is 13.9 Å². The van der Waals surface area contributed by atoms with Crippen molar-refractivity contribution in [3.05, 3.63) is 90.4 Å². The van der Waals surface area contributed by atoms with E-state index in [0.717, 1.165) is 56.5 Å². The number of pyridine rings is 3. The molecule has 35 heavy (non-hydrogen) atoms. The molecular formula is C28H16N6O+2. The molecule has 1 atom stereocenters. The number of rotatable bonds is 0. The highest BCUT2D eigenvalue weighted by molar-refractivity contribution is 6.15. The maximum absolute atomic E-state index is 6.59. The molecule has 7 aromatic rings. The molecule has 10 rings (SSSR count). The monoisotopic (exact) mass is 452 g/mol. The van der Waals surface area contributed by atoms with Crippen LogP contribution in [-0.2, 0) is 5.79 Å². The second-order valence-electron chi connectivity index (χ2n) is 9.64. The van der Waals surface area contributed by atoms with Crippen molar-refractivity contribution in [2.45, 2.75) is 12.7 Å². The molecule has 0 saturated heterocycles. The van der Waals surface area contributed by atoms with Gasteiger partial charge in [-0.25, -0.2) is 0 Å². The van der Waals surface area contributed by atoms with E-state index in [-0.39, 0.29) is 0 Å². The largest absolute Gasteiger partial charge is 0.449 e. The number of para-hydroxylation sites is 2. The lowest BCUT2D eigenvalue weighted by molar-refractivity contribution is -0.960. The van der Waals surface area contributed by atoms with Crippen LogP contribution in [0.5, 0.6) is 11.6 Å². The molecule has 162 valence electrons. The lowest BCUT2D eigenvalue weighted by Crippen LogP contribution is -2.75. The molecule has 0 N–H and O–H groups in total. The molecule has 0 amide bonds. The van der Waals surface area contributed by atoms with Crippen molar-refractivity contribution in [2.75, 3.05) is 0 Å². The molecule has 1 spiro atoms. The zero-order valence-electron chi connectivity index (χ0n) is 18.6. The van der Waals surface area contributed by atoms with Crippen LogP contribution in [0.1, 0.15) is 11.3 Å². The van der Waals surface area contributed by atoms with E-state index >= 15 is 0 Å². The summed E-state index contributed by atoms with van der Waals surface area (Å²) in [5, 5.41) is 8.69. The lowest BCUT2D eigenvalue weighted by Gasteiger charge is -2.26. The summed E-state index contributed by atoms with van der Waals surface area (Å²) < 4.78 is 16.0. The topological polar surface area (TPSA) is 52.1 Å². The van der Waals surface area contributed by atoms with Crippen molar-refractivity contribution < 1.29 is 13.9 Å². The quantitative estimate of drug-likeness (QED) is 0.258. The van der Waals surface area contributed by atoms with Crippen LogP contribution in [0.3, 0.4) is 0 Å². The van der Waals surface area contributed by atoms with Crippen LogP contribution in [0.4, 0.5) is 0 Å². The molecule has 2 aromatic carbocycles. The van der Waals surface area contributed by atoms with Gasteiger partial charge in [0.1, 0.15) is 5.69 Å². The Morgan fingerprint density at radius 2 is 1.86 bits per heavy atom. The number of aryl methyl sites for hydroxylation is 1. The van der Waals surface area contributed by atoms with Crippen LogP contribution in [0.25, 0.3) is 49.7 Å². The van der Waals surface area contributed by atoms with Crippen molar-refractivity contribution in [2.24, 2.45) is 0 Å². The first-order chi connectivity index (χ1) is 17.3. The molecule has 0 radical (unpaired) electrons. The lowest BCUT2D eigenvalue weighted by atomic mass is 9.97. The fourth-order valence-electron chi connectivity index (χ4n) is 6.95. The fourth-order valence-corrected chi connectivity index (χ4v) is 6.95. The van der Waals surface area contributed by atoms with Gasteiger partial charge in [0.2, 0.25) is 5.69 Å². The van der Waals surface area contributed by atoms with Crippen molar-refractivity contribution >= 4 is 38.4 Å². The molecule has 7 heteroatoms. The molecule has 0 saturated carbocycles. The van der Waals surface area contributed by atoms with Crippen LogP contribution >= 0.6 is 0 Å². The Hall–Kier alpha value is -4.78. The highest BCUT2D eigenvalue weighted by atomic mass is 16.5. The maximum Gasteiger partial charge on any atom is 0.449 e. The van der Waals surface area contributed by atoms with Gasteiger partial charge in [-0.1, -0.05) is 16.7 Å². The van der Waals surface area contributed by atoms with Gasteiger partial charge in [0.25, 0.3) is 0 Å². The van der Waals surface area contributed by atoms with Gasteiger partial charge >= 0.3 is 17.3 Å². The average Bonchev–Trinajstić information content (AvgIpc) is 3.60. The van der Waals surface area contributed by atoms with E-state index < -0.39 is 5.79 Å². The van der Waals surface area contributed by atoms with Gasteiger partial charge < -0.3 is 4.74 Å². The summed E-state index contributed by atoms with van der Waals surface area (Å²) in [6, 6.07) is 23.5. The van der Waals surface area contributed by atoms with Crippen LogP contribution in [-0.4, -0.2) is 19.2 Å². The van der Waals surface area contributed by atoms with Crippen LogP contribution in [0.15, 0.2) is 79.1 Å². The van der Waals surface area contributed by atoms with Crippen molar-refractivity contribution in [3.8, 4) is 23.0 Å². The molecule has 0 aliphatic carbocycles. The maximum atomic E-state index is 6.59. The van der Waals surface area contributed by atoms with E-state index in [4.69, 9.17) is 9.84 Å². The SMILES string of the molecule is Cc1cc2n(n1)C13c4c(ccc5c6ccncc6n6c7ccccc7[n+]1c6c45)Oc1cccc-2[n+]13. The average molecular weight is 452 g/mol. The third-order valence-corrected chi connectivity index (χ3v) is 8.03. The Morgan fingerprint density at radius 1 is 0.914 bits per heavy atom. The summed E-state index contributed by atoms with van der Waals surface area (Å²) in [6.07, 6.45) is 3.86. The highest BCUT2D eigenvalue weighted by Gasteiger charge is 2.70. The molecule has 0 fully saturated rings. The fraction of sp³-hybridized carbons (Fsp3) is 0.0714. The number of aromatic nitrogens is 6. The van der Waals surface area contributed by atoms with E-state index in [1.165, 1.54) is 16.2 Å². The number of benzene rings is 2. The van der Waals surface area contributed by atoms with Crippen LogP contribution in [0.2, 0.25) is 0 Å². The second-order valence-corrected chi connectivity index (χ2v) is 9.64. The van der Waals surface area contributed by atoms with Gasteiger partial charge in [0, 0.05) is 23.0 Å². The molecule has 3 aliphatic heterocycles. The molecule has 5 aromatic heterocycles. The Labute approximate surface area is 197 Å². The van der Waals surface area contributed by atoms with Crippen molar-refractivity contribution in [3.63, 3.8) is 0 Å². The third kappa shape index (κ3) is 1.50. The molecular weight excluding hydrogens is 436 g/mol. The van der Waals surface area contributed by atoms with E-state index in [9.17, 15) is 0 Å². The third-order valence-electron chi connectivity index (χ3n) is 8.03. The number of hydrogen-bond donors (Lipinski definition) is 0. The zero-order chi connectivity index (χ0) is 22.6. The van der Waals surface area contributed by atoms with E-state index in [0.29, 0.717) is 0 Å². The van der Waals surface area contributed by atoms with Crippen molar-refractivity contribution in [1.29, 1.82) is 0 Å². The first-order valence-corrected chi connectivity index (χ1v) is 11.8. The number of fused-ring (bicyclic) bond motifs is 8. The first kappa shape index (κ1) is 16.8. The van der Waals surface area contributed by atoms with Gasteiger partial charge in [-0.2, -0.15) is 9.50 Å². The molecule has 0 bridgehead atoms. The summed E-state index contributed by atoms with van der Waals surface area (Å²) in [6.45, 7) is 2.07. The summed E-state index contributed by atoms with van der Waals surface area (Å²) in [5.41, 5.74) is 8.84. The summed E-state index contributed by atoms with van der Waals surface area (Å²) in [7, 11) is 0. The minimum atomic E-state index is -0.732. The summed E-state index contributed by atoms with van der Waals surface area (Å²) in [4.78, 5) is 4.52. The van der Waals surface area contributed by atoms with Gasteiger partial charge in [-0.15, -0.1) is 9.25 Å². The van der Waals surface area contributed by atoms with E-state index in [1.807, 2.05) is 12.4 Å². The number of nitrogens with zero attached hydrogens (tertiary/aromatic N) is 6. The minimum absolute atomic E-state index is 0.732. The predicted molar refractivity (Wildman–Crippen MR) is 128 cm³/mol. The van der Waals surface area contributed by atoms with Crippen LogP contribution in [0, 0.1) is 6.92 Å². The Kier molecular flexibility index (Phi) is 2.40. The Bertz CT molecular complexity index is 2170. The number of ether oxygens (including phenoxy) is 1. The van der Waals surface area contributed by atoms with E-state index in [1.54, 1.807) is 0 Å². The molecule has 7 nitrogen and oxygen atoms in total. The normalized spacial score (nSPS) is 18.2. The van der Waals surface area contributed by atoms with Crippen molar-refractivity contribution in [1.82, 2.24) is 19.2 Å². The summed E-state index contributed by atoms with van der Waals surface area (Å²) in [5.74, 6) is 0.954. The number of imidazole rings is 1. The molecule has 8 heterocycles. The molecule has 3 aliphatic rings. The zero-order valence-corrected chi connectivity index (χ0v) is 18.6. The van der Waals surface area contributed by atoms with Gasteiger partial charge in [0.15, 0.2) is 27.9 Å². The van der Waals surface area contributed by atoms with Gasteiger partial charge in [-0.3, -0.25) is 4.98 Å². The van der Waals surface area contributed by atoms with E-state index in [2.05, 4.69) is 96.9 Å². The summed E-state index contributed by atoms with van der Waals surface area (Å²) >= 11 is 0. The predicted octanol–water partition coefficient (Wildman–Crippen LogP) is 4.03. The first-order valence-electron chi connectivity index (χ1n) is 11.8.